The SMILES string of the molecule is CCC1CCC(O)(CNCCOCC(C)C)CC1. The van der Waals surface area contributed by atoms with Crippen LogP contribution >= 0.6 is 0 Å². The van der Waals surface area contributed by atoms with Gasteiger partial charge in [-0.15, -0.1) is 0 Å². The maximum atomic E-state index is 10.4. The van der Waals surface area contributed by atoms with Gasteiger partial charge in [0.15, 0.2) is 0 Å². The van der Waals surface area contributed by atoms with E-state index in [-0.39, 0.29) is 0 Å². The summed E-state index contributed by atoms with van der Waals surface area (Å²) in [6.07, 6.45) is 5.51. The first-order valence-corrected chi connectivity index (χ1v) is 7.56. The van der Waals surface area contributed by atoms with Gasteiger partial charge in [0.1, 0.15) is 0 Å². The fourth-order valence-corrected chi connectivity index (χ4v) is 2.58. The summed E-state index contributed by atoms with van der Waals surface area (Å²) in [4.78, 5) is 0. The van der Waals surface area contributed by atoms with E-state index in [0.29, 0.717) is 12.5 Å². The highest BCUT2D eigenvalue weighted by Crippen LogP contribution is 2.33. The molecule has 0 atom stereocenters. The van der Waals surface area contributed by atoms with Crippen LogP contribution in [0.1, 0.15) is 52.9 Å². The van der Waals surface area contributed by atoms with Crippen molar-refractivity contribution in [2.45, 2.75) is 58.5 Å². The van der Waals surface area contributed by atoms with E-state index in [1.807, 2.05) is 0 Å². The third-order valence-corrected chi connectivity index (χ3v) is 3.94. The van der Waals surface area contributed by atoms with Crippen LogP contribution in [0.25, 0.3) is 0 Å². The van der Waals surface area contributed by atoms with Crippen molar-refractivity contribution >= 4 is 0 Å². The minimum Gasteiger partial charge on any atom is -0.389 e. The molecule has 1 saturated carbocycles. The molecule has 1 aliphatic carbocycles. The summed E-state index contributed by atoms with van der Waals surface area (Å²) in [5.41, 5.74) is -0.469. The van der Waals surface area contributed by atoms with Crippen molar-refractivity contribution in [3.8, 4) is 0 Å². The summed E-state index contributed by atoms with van der Waals surface area (Å²) in [6, 6.07) is 0. The molecule has 3 nitrogen and oxygen atoms in total. The second-order valence-corrected chi connectivity index (χ2v) is 6.22. The Labute approximate surface area is 112 Å². The maximum Gasteiger partial charge on any atom is 0.0771 e. The molecule has 0 spiro atoms. The van der Waals surface area contributed by atoms with Gasteiger partial charge in [-0.1, -0.05) is 27.2 Å². The van der Waals surface area contributed by atoms with Crippen molar-refractivity contribution in [2.24, 2.45) is 11.8 Å². The van der Waals surface area contributed by atoms with Gasteiger partial charge in [-0.25, -0.2) is 0 Å². The molecule has 1 fully saturated rings. The Kier molecular flexibility index (Phi) is 7.20. The molecular formula is C15H31NO2. The molecule has 0 saturated heterocycles. The molecule has 2 N–H and O–H groups in total. The molecule has 0 aromatic rings. The molecule has 0 heterocycles. The molecular weight excluding hydrogens is 226 g/mol. The van der Waals surface area contributed by atoms with Crippen LogP contribution in [0.2, 0.25) is 0 Å². The second-order valence-electron chi connectivity index (χ2n) is 6.22. The molecule has 0 aliphatic heterocycles. The van der Waals surface area contributed by atoms with Crippen LogP contribution in [0.5, 0.6) is 0 Å². The molecule has 3 heteroatoms. The molecule has 0 bridgehead atoms. The Hall–Kier alpha value is -0.120. The average Bonchev–Trinajstić information content (AvgIpc) is 2.34. The lowest BCUT2D eigenvalue weighted by molar-refractivity contribution is -0.0100. The van der Waals surface area contributed by atoms with Gasteiger partial charge in [0.2, 0.25) is 0 Å². The lowest BCUT2D eigenvalue weighted by Gasteiger charge is -2.36. The molecule has 108 valence electrons. The topological polar surface area (TPSA) is 41.5 Å². The number of nitrogens with one attached hydrogen (secondary N) is 1. The lowest BCUT2D eigenvalue weighted by Crippen LogP contribution is -2.44. The highest BCUT2D eigenvalue weighted by molar-refractivity contribution is 4.86. The third-order valence-electron chi connectivity index (χ3n) is 3.94. The van der Waals surface area contributed by atoms with Crippen LogP contribution < -0.4 is 5.32 Å². The van der Waals surface area contributed by atoms with E-state index in [2.05, 4.69) is 26.1 Å². The van der Waals surface area contributed by atoms with Crippen LogP contribution in [0.15, 0.2) is 0 Å². The van der Waals surface area contributed by atoms with E-state index in [4.69, 9.17) is 4.74 Å². The molecule has 0 aromatic heterocycles. The van der Waals surface area contributed by atoms with Gasteiger partial charge in [0, 0.05) is 19.7 Å². The van der Waals surface area contributed by atoms with Crippen molar-refractivity contribution < 1.29 is 9.84 Å². The van der Waals surface area contributed by atoms with Gasteiger partial charge in [0.25, 0.3) is 0 Å². The average molecular weight is 257 g/mol. The zero-order valence-electron chi connectivity index (χ0n) is 12.4. The van der Waals surface area contributed by atoms with Crippen molar-refractivity contribution in [3.05, 3.63) is 0 Å². The lowest BCUT2D eigenvalue weighted by atomic mass is 9.78. The van der Waals surface area contributed by atoms with Crippen LogP contribution in [0.3, 0.4) is 0 Å². The predicted molar refractivity (Wildman–Crippen MR) is 75.7 cm³/mol. The van der Waals surface area contributed by atoms with Crippen molar-refractivity contribution in [2.75, 3.05) is 26.3 Å². The molecule has 0 amide bonds. The third kappa shape index (κ3) is 6.17. The van der Waals surface area contributed by atoms with Crippen LogP contribution in [0, 0.1) is 11.8 Å². The molecule has 0 aromatic carbocycles. The zero-order chi connectivity index (χ0) is 13.4. The summed E-state index contributed by atoms with van der Waals surface area (Å²) < 4.78 is 5.51. The predicted octanol–water partition coefficient (Wildman–Crippen LogP) is 2.58. The summed E-state index contributed by atoms with van der Waals surface area (Å²) in [7, 11) is 0. The van der Waals surface area contributed by atoms with Crippen LogP contribution in [-0.4, -0.2) is 37.0 Å². The highest BCUT2D eigenvalue weighted by Gasteiger charge is 2.31. The fraction of sp³-hybridized carbons (Fsp3) is 1.00. The quantitative estimate of drug-likeness (QED) is 0.657. The Morgan fingerprint density at radius 3 is 2.56 bits per heavy atom. The van der Waals surface area contributed by atoms with Gasteiger partial charge in [-0.05, 0) is 37.5 Å². The van der Waals surface area contributed by atoms with Crippen molar-refractivity contribution in [3.63, 3.8) is 0 Å². The summed E-state index contributed by atoms with van der Waals surface area (Å²) >= 11 is 0. The van der Waals surface area contributed by atoms with Gasteiger partial charge in [0.05, 0.1) is 12.2 Å². The number of aliphatic hydroxyl groups is 1. The number of rotatable bonds is 8. The van der Waals surface area contributed by atoms with Crippen molar-refractivity contribution in [1.82, 2.24) is 5.32 Å². The van der Waals surface area contributed by atoms with E-state index < -0.39 is 5.60 Å². The van der Waals surface area contributed by atoms with E-state index >= 15 is 0 Å². The fourth-order valence-electron chi connectivity index (χ4n) is 2.58. The minimum absolute atomic E-state index is 0.469. The van der Waals surface area contributed by atoms with Gasteiger partial charge in [-0.3, -0.25) is 0 Å². The molecule has 0 radical (unpaired) electrons. The van der Waals surface area contributed by atoms with Crippen molar-refractivity contribution in [1.29, 1.82) is 0 Å². The van der Waals surface area contributed by atoms with Crippen LogP contribution in [-0.2, 0) is 4.74 Å². The van der Waals surface area contributed by atoms with Crippen LogP contribution in [0.4, 0.5) is 0 Å². The summed E-state index contributed by atoms with van der Waals surface area (Å²) in [6.45, 7) is 9.68. The Bertz CT molecular complexity index is 211. The number of hydrogen-bond donors (Lipinski definition) is 2. The zero-order valence-corrected chi connectivity index (χ0v) is 12.4. The standard InChI is InChI=1S/C15H31NO2/c1-4-14-5-7-15(17,8-6-14)12-16-9-10-18-11-13(2)3/h13-14,16-17H,4-12H2,1-3H3. The number of hydrogen-bond acceptors (Lipinski definition) is 3. The first kappa shape index (κ1) is 15.9. The summed E-state index contributed by atoms with van der Waals surface area (Å²) in [5.74, 6) is 1.43. The Balaban J connectivity index is 2.04. The molecule has 18 heavy (non-hydrogen) atoms. The largest absolute Gasteiger partial charge is 0.389 e. The summed E-state index contributed by atoms with van der Waals surface area (Å²) in [5, 5.41) is 13.8. The van der Waals surface area contributed by atoms with E-state index in [9.17, 15) is 5.11 Å². The van der Waals surface area contributed by atoms with Gasteiger partial charge >= 0.3 is 0 Å². The molecule has 1 rings (SSSR count). The smallest absolute Gasteiger partial charge is 0.0771 e. The maximum absolute atomic E-state index is 10.4. The first-order chi connectivity index (χ1) is 8.56. The normalized spacial score (nSPS) is 28.8. The monoisotopic (exact) mass is 257 g/mol. The first-order valence-electron chi connectivity index (χ1n) is 7.56. The second kappa shape index (κ2) is 8.13. The minimum atomic E-state index is -0.469. The Morgan fingerprint density at radius 2 is 2.00 bits per heavy atom. The van der Waals surface area contributed by atoms with E-state index in [1.165, 1.54) is 19.3 Å². The molecule has 0 unspecified atom stereocenters. The number of ether oxygens (including phenoxy) is 1. The highest BCUT2D eigenvalue weighted by atomic mass is 16.5. The van der Waals surface area contributed by atoms with Gasteiger partial charge in [-0.2, -0.15) is 0 Å². The van der Waals surface area contributed by atoms with Gasteiger partial charge < -0.3 is 15.2 Å². The van der Waals surface area contributed by atoms with E-state index in [0.717, 1.165) is 38.5 Å². The Morgan fingerprint density at radius 1 is 1.33 bits per heavy atom. The van der Waals surface area contributed by atoms with E-state index in [1.54, 1.807) is 0 Å². The molecule has 1 aliphatic rings.